The summed E-state index contributed by atoms with van der Waals surface area (Å²) >= 11 is 0. The number of amides is 2. The van der Waals surface area contributed by atoms with Gasteiger partial charge in [-0.1, -0.05) is 13.3 Å². The van der Waals surface area contributed by atoms with E-state index in [-0.39, 0.29) is 12.6 Å². The van der Waals surface area contributed by atoms with Crippen molar-refractivity contribution in [2.24, 2.45) is 0 Å². The van der Waals surface area contributed by atoms with Crippen LogP contribution in [0.3, 0.4) is 0 Å². The van der Waals surface area contributed by atoms with E-state index in [1.165, 1.54) is 0 Å². The Bertz CT molecular complexity index is 234. The number of carbonyl (C=O) groups excluding carboxylic acids is 1. The summed E-state index contributed by atoms with van der Waals surface area (Å²) in [6.45, 7) is 3.02. The first-order valence-electron chi connectivity index (χ1n) is 4.59. The highest BCUT2D eigenvalue weighted by Gasteiger charge is 2.33. The lowest BCUT2D eigenvalue weighted by molar-refractivity contribution is 0.198. The van der Waals surface area contributed by atoms with Gasteiger partial charge in [0.25, 0.3) is 0 Å². The molecule has 0 radical (unpaired) electrons. The molecule has 1 unspecified atom stereocenters. The maximum atomic E-state index is 11.5. The van der Waals surface area contributed by atoms with Crippen molar-refractivity contribution >= 4 is 6.03 Å². The number of hydrogen-bond acceptors (Lipinski definition) is 2. The highest BCUT2D eigenvalue weighted by molar-refractivity contribution is 5.77. The van der Waals surface area contributed by atoms with E-state index in [9.17, 15) is 4.79 Å². The largest absolute Gasteiger partial charge is 0.323 e. The number of rotatable bonds is 3. The van der Waals surface area contributed by atoms with Crippen molar-refractivity contribution in [2.45, 2.75) is 25.8 Å². The smallest absolute Gasteiger partial charge is 0.320 e. The minimum absolute atomic E-state index is 0.0139. The first-order chi connectivity index (χ1) is 6.20. The van der Waals surface area contributed by atoms with Gasteiger partial charge >= 0.3 is 6.03 Å². The maximum absolute atomic E-state index is 11.5. The monoisotopic (exact) mass is 181 g/mol. The highest BCUT2D eigenvalue weighted by Crippen LogP contribution is 2.16. The molecule has 1 saturated heterocycles. The van der Waals surface area contributed by atoms with Gasteiger partial charge in [0.1, 0.15) is 6.54 Å². The van der Waals surface area contributed by atoms with Gasteiger partial charge in [0.05, 0.1) is 12.1 Å². The van der Waals surface area contributed by atoms with Gasteiger partial charge < -0.3 is 9.80 Å². The van der Waals surface area contributed by atoms with Crippen LogP contribution in [0.2, 0.25) is 0 Å². The summed E-state index contributed by atoms with van der Waals surface area (Å²) in [6.07, 6.45) is 2.09. The summed E-state index contributed by atoms with van der Waals surface area (Å²) < 4.78 is 0. The molecule has 72 valence electrons. The highest BCUT2D eigenvalue weighted by atomic mass is 16.2. The zero-order valence-electron chi connectivity index (χ0n) is 8.16. The molecule has 0 saturated carbocycles. The van der Waals surface area contributed by atoms with Crippen molar-refractivity contribution < 1.29 is 4.79 Å². The van der Waals surface area contributed by atoms with Gasteiger partial charge in [0.2, 0.25) is 0 Å². The summed E-state index contributed by atoms with van der Waals surface area (Å²) in [5.74, 6) is 0. The van der Waals surface area contributed by atoms with E-state index in [0.29, 0.717) is 12.6 Å². The number of carbonyl (C=O) groups is 1. The Morgan fingerprint density at radius 1 is 1.69 bits per heavy atom. The third kappa shape index (κ3) is 1.92. The van der Waals surface area contributed by atoms with Crippen molar-refractivity contribution in [1.29, 1.82) is 5.26 Å². The van der Waals surface area contributed by atoms with Gasteiger partial charge in [0, 0.05) is 13.6 Å². The third-order valence-corrected chi connectivity index (χ3v) is 2.43. The Labute approximate surface area is 78.7 Å². The van der Waals surface area contributed by atoms with Crippen LogP contribution < -0.4 is 0 Å². The van der Waals surface area contributed by atoms with Crippen molar-refractivity contribution in [3.8, 4) is 6.07 Å². The molecule has 0 bridgehead atoms. The van der Waals surface area contributed by atoms with E-state index < -0.39 is 0 Å². The summed E-state index contributed by atoms with van der Waals surface area (Å²) in [7, 11) is 1.81. The molecule has 1 rings (SSSR count). The zero-order chi connectivity index (χ0) is 9.84. The fourth-order valence-electron chi connectivity index (χ4n) is 1.67. The van der Waals surface area contributed by atoms with E-state index in [1.807, 2.05) is 6.07 Å². The number of hydrogen-bond donors (Lipinski definition) is 0. The van der Waals surface area contributed by atoms with Crippen LogP contribution in [-0.4, -0.2) is 42.0 Å². The molecular weight excluding hydrogens is 166 g/mol. The fraction of sp³-hybridized carbons (Fsp3) is 0.778. The van der Waals surface area contributed by atoms with Gasteiger partial charge in [-0.25, -0.2) is 4.79 Å². The van der Waals surface area contributed by atoms with Gasteiger partial charge in [-0.2, -0.15) is 5.26 Å². The number of likely N-dealkylation sites (N-methyl/N-ethyl adjacent to an activating group) is 1. The fourth-order valence-corrected chi connectivity index (χ4v) is 1.67. The van der Waals surface area contributed by atoms with Gasteiger partial charge in [0.15, 0.2) is 0 Å². The van der Waals surface area contributed by atoms with Gasteiger partial charge in [-0.05, 0) is 6.42 Å². The predicted octanol–water partition coefficient (Wildman–Crippen LogP) is 1.05. The van der Waals surface area contributed by atoms with Gasteiger partial charge in [-0.15, -0.1) is 0 Å². The number of nitriles is 1. The number of urea groups is 1. The Morgan fingerprint density at radius 2 is 2.38 bits per heavy atom. The molecule has 1 atom stereocenters. The van der Waals surface area contributed by atoms with Crippen LogP contribution in [0.5, 0.6) is 0 Å². The molecule has 1 aliphatic heterocycles. The molecule has 2 amide bonds. The van der Waals surface area contributed by atoms with Crippen molar-refractivity contribution in [2.75, 3.05) is 20.1 Å². The second-order valence-corrected chi connectivity index (χ2v) is 3.37. The van der Waals surface area contributed by atoms with E-state index in [4.69, 9.17) is 5.26 Å². The van der Waals surface area contributed by atoms with Crippen LogP contribution in [0, 0.1) is 11.3 Å². The summed E-state index contributed by atoms with van der Waals surface area (Å²) in [5, 5.41) is 8.48. The topological polar surface area (TPSA) is 47.3 Å². The molecule has 0 N–H and O–H groups in total. The van der Waals surface area contributed by atoms with Gasteiger partial charge in [-0.3, -0.25) is 0 Å². The summed E-state index contributed by atoms with van der Waals surface area (Å²) in [5.41, 5.74) is 0. The van der Waals surface area contributed by atoms with E-state index in [1.54, 1.807) is 16.8 Å². The maximum Gasteiger partial charge on any atom is 0.320 e. The van der Waals surface area contributed by atoms with Crippen LogP contribution in [-0.2, 0) is 0 Å². The van der Waals surface area contributed by atoms with E-state index in [0.717, 1.165) is 12.8 Å². The molecule has 1 fully saturated rings. The quantitative estimate of drug-likeness (QED) is 0.611. The standard InChI is InChI=1S/C9H15N3O/c1-3-4-8-7-12(6-5-10)9(13)11(8)2/h8H,3-4,6-7H2,1-2H3. The molecule has 0 aliphatic carbocycles. The average Bonchev–Trinajstić information content (AvgIpc) is 2.36. The van der Waals surface area contributed by atoms with Crippen LogP contribution in [0.4, 0.5) is 4.79 Å². The molecule has 1 aliphatic rings. The molecule has 4 nitrogen and oxygen atoms in total. The second-order valence-electron chi connectivity index (χ2n) is 3.37. The van der Waals surface area contributed by atoms with Crippen LogP contribution in [0.25, 0.3) is 0 Å². The Kier molecular flexibility index (Phi) is 3.13. The average molecular weight is 181 g/mol. The summed E-state index contributed by atoms with van der Waals surface area (Å²) in [6, 6.07) is 2.28. The molecule has 0 spiro atoms. The first kappa shape index (κ1) is 9.85. The van der Waals surface area contributed by atoms with Crippen LogP contribution in [0.1, 0.15) is 19.8 Å². The molecule has 13 heavy (non-hydrogen) atoms. The van der Waals surface area contributed by atoms with E-state index in [2.05, 4.69) is 6.92 Å². The third-order valence-electron chi connectivity index (χ3n) is 2.43. The molecule has 4 heteroatoms. The normalized spacial score (nSPS) is 22.2. The predicted molar refractivity (Wildman–Crippen MR) is 49.0 cm³/mol. The molecule has 0 aromatic carbocycles. The Morgan fingerprint density at radius 3 is 2.92 bits per heavy atom. The second kappa shape index (κ2) is 4.13. The lowest BCUT2D eigenvalue weighted by Gasteiger charge is -2.16. The van der Waals surface area contributed by atoms with E-state index >= 15 is 0 Å². The van der Waals surface area contributed by atoms with Crippen molar-refractivity contribution in [3.05, 3.63) is 0 Å². The zero-order valence-corrected chi connectivity index (χ0v) is 8.16. The minimum atomic E-state index is -0.0139. The molecular formula is C9H15N3O. The lowest BCUT2D eigenvalue weighted by atomic mass is 10.1. The van der Waals surface area contributed by atoms with Crippen molar-refractivity contribution in [3.63, 3.8) is 0 Å². The molecule has 0 aromatic rings. The molecule has 1 heterocycles. The SMILES string of the molecule is CCCC1CN(CC#N)C(=O)N1C. The molecule has 0 aromatic heterocycles. The Balaban J connectivity index is 2.57. The lowest BCUT2D eigenvalue weighted by Crippen LogP contribution is -2.31. The Hall–Kier alpha value is -1.24. The summed E-state index contributed by atoms with van der Waals surface area (Å²) in [4.78, 5) is 14.8. The van der Waals surface area contributed by atoms with Crippen molar-refractivity contribution in [1.82, 2.24) is 9.80 Å². The van der Waals surface area contributed by atoms with Crippen LogP contribution >= 0.6 is 0 Å². The van der Waals surface area contributed by atoms with Crippen LogP contribution in [0.15, 0.2) is 0 Å². The number of nitrogens with zero attached hydrogens (tertiary/aromatic N) is 3. The minimum Gasteiger partial charge on any atom is -0.323 e. The first-order valence-corrected chi connectivity index (χ1v) is 4.59.